The van der Waals surface area contributed by atoms with Gasteiger partial charge in [0.25, 0.3) is 11.8 Å². The summed E-state index contributed by atoms with van der Waals surface area (Å²) >= 11 is 0. The van der Waals surface area contributed by atoms with Gasteiger partial charge in [0.1, 0.15) is 5.82 Å². The summed E-state index contributed by atoms with van der Waals surface area (Å²) in [5.74, 6) is 0.409. The van der Waals surface area contributed by atoms with Crippen LogP contribution >= 0.6 is 0 Å². The lowest BCUT2D eigenvalue weighted by Gasteiger charge is -2.35. The van der Waals surface area contributed by atoms with E-state index >= 15 is 0 Å². The van der Waals surface area contributed by atoms with E-state index in [0.29, 0.717) is 56.4 Å². The minimum atomic E-state index is -0.244. The fraction of sp³-hybridized carbons (Fsp3) is 0.400. The van der Waals surface area contributed by atoms with Crippen LogP contribution in [0.2, 0.25) is 0 Å². The van der Waals surface area contributed by atoms with Gasteiger partial charge >= 0.3 is 0 Å². The number of amides is 3. The molecule has 154 valence electrons. The maximum atomic E-state index is 12.6. The first kappa shape index (κ1) is 20.4. The molecule has 0 aliphatic carbocycles. The molecule has 9 heteroatoms. The van der Waals surface area contributed by atoms with Crippen molar-refractivity contribution in [3.8, 4) is 0 Å². The number of pyridine rings is 1. The highest BCUT2D eigenvalue weighted by Gasteiger charge is 2.26. The van der Waals surface area contributed by atoms with Crippen molar-refractivity contribution in [2.75, 3.05) is 44.2 Å². The molecule has 0 atom stereocenters. The second kappa shape index (κ2) is 9.22. The number of nitrogens with one attached hydrogen (secondary N) is 2. The van der Waals surface area contributed by atoms with Crippen LogP contribution in [-0.2, 0) is 4.79 Å². The summed E-state index contributed by atoms with van der Waals surface area (Å²) in [6, 6.07) is 6.89. The van der Waals surface area contributed by atoms with Crippen molar-refractivity contribution in [2.45, 2.75) is 13.8 Å². The third-order valence-corrected chi connectivity index (χ3v) is 4.64. The minimum absolute atomic E-state index is 0.136. The standard InChI is InChI=1S/C20H25N5O4/c1-14-5-6-16(19(27)22-8-7-21-15(2)26)18(23-14)24-9-11-25(12-10-24)20(28)17-4-3-13-29-17/h3-6,13H,7-12H2,1-2H3,(H,21,26)(H,22,27). The van der Waals surface area contributed by atoms with E-state index in [2.05, 4.69) is 15.6 Å². The Morgan fingerprint density at radius 2 is 1.79 bits per heavy atom. The smallest absolute Gasteiger partial charge is 0.289 e. The fourth-order valence-corrected chi connectivity index (χ4v) is 3.15. The zero-order valence-corrected chi connectivity index (χ0v) is 16.6. The maximum absolute atomic E-state index is 12.6. The van der Waals surface area contributed by atoms with Gasteiger partial charge < -0.3 is 24.9 Å². The highest BCUT2D eigenvalue weighted by atomic mass is 16.3. The topological polar surface area (TPSA) is 108 Å². The molecule has 1 aliphatic rings. The van der Waals surface area contributed by atoms with Gasteiger partial charge in [-0.1, -0.05) is 0 Å². The average Bonchev–Trinajstić information content (AvgIpc) is 3.25. The molecule has 0 spiro atoms. The van der Waals surface area contributed by atoms with Crippen LogP contribution in [0.3, 0.4) is 0 Å². The summed E-state index contributed by atoms with van der Waals surface area (Å²) in [5, 5.41) is 5.44. The molecule has 0 bridgehead atoms. The Balaban J connectivity index is 1.64. The quantitative estimate of drug-likeness (QED) is 0.696. The number of nitrogens with zero attached hydrogens (tertiary/aromatic N) is 3. The van der Waals surface area contributed by atoms with Crippen LogP contribution in [0.15, 0.2) is 34.9 Å². The zero-order chi connectivity index (χ0) is 20.8. The van der Waals surface area contributed by atoms with Crippen LogP contribution in [0.1, 0.15) is 33.5 Å². The first-order chi connectivity index (χ1) is 14.0. The number of carbonyl (C=O) groups is 3. The lowest BCUT2D eigenvalue weighted by molar-refractivity contribution is -0.118. The van der Waals surface area contributed by atoms with E-state index in [1.165, 1.54) is 13.2 Å². The molecule has 1 aliphatic heterocycles. The van der Waals surface area contributed by atoms with Crippen molar-refractivity contribution < 1.29 is 18.8 Å². The third kappa shape index (κ3) is 5.13. The molecule has 0 aromatic carbocycles. The maximum Gasteiger partial charge on any atom is 0.289 e. The summed E-state index contributed by atoms with van der Waals surface area (Å²) in [7, 11) is 0. The number of piperazine rings is 1. The van der Waals surface area contributed by atoms with Crippen molar-refractivity contribution >= 4 is 23.5 Å². The van der Waals surface area contributed by atoms with Crippen molar-refractivity contribution in [3.05, 3.63) is 47.5 Å². The van der Waals surface area contributed by atoms with Crippen LogP contribution in [0.4, 0.5) is 5.82 Å². The van der Waals surface area contributed by atoms with E-state index in [9.17, 15) is 14.4 Å². The highest BCUT2D eigenvalue weighted by Crippen LogP contribution is 2.21. The van der Waals surface area contributed by atoms with Gasteiger partial charge in [0, 0.05) is 51.9 Å². The Hall–Kier alpha value is -3.36. The van der Waals surface area contributed by atoms with Gasteiger partial charge in [0.2, 0.25) is 5.91 Å². The molecule has 3 amide bonds. The molecule has 0 radical (unpaired) electrons. The lowest BCUT2D eigenvalue weighted by Crippen LogP contribution is -2.49. The molecule has 1 saturated heterocycles. The molecule has 2 aromatic rings. The van der Waals surface area contributed by atoms with E-state index in [0.717, 1.165) is 5.69 Å². The fourth-order valence-electron chi connectivity index (χ4n) is 3.15. The number of rotatable bonds is 6. The van der Waals surface area contributed by atoms with E-state index in [-0.39, 0.29) is 17.7 Å². The largest absolute Gasteiger partial charge is 0.459 e. The number of anilines is 1. The molecule has 0 saturated carbocycles. The first-order valence-corrected chi connectivity index (χ1v) is 9.53. The molecule has 3 heterocycles. The Labute approximate surface area is 169 Å². The van der Waals surface area contributed by atoms with Crippen LogP contribution in [-0.4, -0.2) is 66.9 Å². The van der Waals surface area contributed by atoms with Crippen molar-refractivity contribution in [1.29, 1.82) is 0 Å². The lowest BCUT2D eigenvalue weighted by atomic mass is 10.2. The van der Waals surface area contributed by atoms with Crippen LogP contribution in [0.5, 0.6) is 0 Å². The number of hydrogen-bond donors (Lipinski definition) is 2. The molecule has 29 heavy (non-hydrogen) atoms. The zero-order valence-electron chi connectivity index (χ0n) is 16.6. The Morgan fingerprint density at radius 1 is 1.07 bits per heavy atom. The van der Waals surface area contributed by atoms with Crippen LogP contribution < -0.4 is 15.5 Å². The highest BCUT2D eigenvalue weighted by molar-refractivity contribution is 5.99. The second-order valence-corrected chi connectivity index (χ2v) is 6.82. The molecule has 2 aromatic heterocycles. The van der Waals surface area contributed by atoms with Crippen molar-refractivity contribution in [1.82, 2.24) is 20.5 Å². The summed E-state index contributed by atoms with van der Waals surface area (Å²) in [6.07, 6.45) is 1.48. The monoisotopic (exact) mass is 399 g/mol. The van der Waals surface area contributed by atoms with Gasteiger partial charge in [-0.15, -0.1) is 0 Å². The average molecular weight is 399 g/mol. The number of furan rings is 1. The Morgan fingerprint density at radius 3 is 2.45 bits per heavy atom. The van der Waals surface area contributed by atoms with Crippen LogP contribution in [0.25, 0.3) is 0 Å². The predicted molar refractivity (Wildman–Crippen MR) is 107 cm³/mol. The summed E-state index contributed by atoms with van der Waals surface area (Å²) in [4.78, 5) is 44.3. The molecule has 1 fully saturated rings. The normalized spacial score (nSPS) is 13.9. The Bertz CT molecular complexity index is 873. The Kier molecular flexibility index (Phi) is 6.48. The molecule has 9 nitrogen and oxygen atoms in total. The number of hydrogen-bond acceptors (Lipinski definition) is 6. The van der Waals surface area contributed by atoms with E-state index in [1.54, 1.807) is 29.2 Å². The molecule has 0 unspecified atom stereocenters. The van der Waals surface area contributed by atoms with Gasteiger partial charge in [-0.2, -0.15) is 0 Å². The van der Waals surface area contributed by atoms with Crippen LogP contribution in [0, 0.1) is 6.92 Å². The third-order valence-electron chi connectivity index (χ3n) is 4.64. The predicted octanol–water partition coefficient (Wildman–Crippen LogP) is 0.811. The number of aromatic nitrogens is 1. The number of carbonyl (C=O) groups excluding carboxylic acids is 3. The van der Waals surface area contributed by atoms with E-state index in [4.69, 9.17) is 4.42 Å². The molecular weight excluding hydrogens is 374 g/mol. The van der Waals surface area contributed by atoms with Gasteiger partial charge in [-0.05, 0) is 31.2 Å². The van der Waals surface area contributed by atoms with Gasteiger partial charge in [0.05, 0.1) is 11.8 Å². The number of aryl methyl sites for hydroxylation is 1. The second-order valence-electron chi connectivity index (χ2n) is 6.82. The van der Waals surface area contributed by atoms with Gasteiger partial charge in [-0.25, -0.2) is 4.98 Å². The van der Waals surface area contributed by atoms with Crippen molar-refractivity contribution in [2.24, 2.45) is 0 Å². The molecule has 3 rings (SSSR count). The molecule has 2 N–H and O–H groups in total. The minimum Gasteiger partial charge on any atom is -0.459 e. The van der Waals surface area contributed by atoms with Gasteiger partial charge in [-0.3, -0.25) is 14.4 Å². The summed E-state index contributed by atoms with van der Waals surface area (Å²) in [6.45, 7) is 6.15. The SMILES string of the molecule is CC(=O)NCCNC(=O)c1ccc(C)nc1N1CCN(C(=O)c2ccco2)CC1. The molecular formula is C20H25N5O4. The summed E-state index contributed by atoms with van der Waals surface area (Å²) < 4.78 is 5.19. The summed E-state index contributed by atoms with van der Waals surface area (Å²) in [5.41, 5.74) is 1.29. The van der Waals surface area contributed by atoms with Crippen molar-refractivity contribution in [3.63, 3.8) is 0 Å². The van der Waals surface area contributed by atoms with E-state index in [1.807, 2.05) is 11.8 Å². The van der Waals surface area contributed by atoms with Gasteiger partial charge in [0.15, 0.2) is 5.76 Å². The van der Waals surface area contributed by atoms with E-state index < -0.39 is 0 Å². The first-order valence-electron chi connectivity index (χ1n) is 9.53.